The number of imidazole rings is 1. The first-order valence-electron chi connectivity index (χ1n) is 4.10. The Labute approximate surface area is 79.8 Å². The molecule has 0 aliphatic rings. The van der Waals surface area contributed by atoms with E-state index in [-0.39, 0.29) is 12.4 Å². The number of rotatable bonds is 4. The lowest BCUT2D eigenvalue weighted by Crippen LogP contribution is -3.00. The van der Waals surface area contributed by atoms with Gasteiger partial charge in [0.15, 0.2) is 6.20 Å². The monoisotopic (exact) mass is 189 g/mol. The molecular weight excluding hydrogens is 174 g/mol. The van der Waals surface area contributed by atoms with Crippen molar-refractivity contribution in [1.29, 1.82) is 0 Å². The maximum absolute atomic E-state index is 3.26. The van der Waals surface area contributed by atoms with Crippen LogP contribution in [0.2, 0.25) is 0 Å². The van der Waals surface area contributed by atoms with E-state index < -0.39 is 0 Å². The highest BCUT2D eigenvalue weighted by Gasteiger charge is 1.95. The maximum atomic E-state index is 3.26. The highest BCUT2D eigenvalue weighted by molar-refractivity contribution is 4.64. The van der Waals surface area contributed by atoms with Crippen LogP contribution in [0, 0.1) is 0 Å². The summed E-state index contributed by atoms with van der Waals surface area (Å²) in [5, 5.41) is 0. The van der Waals surface area contributed by atoms with Crippen molar-refractivity contribution in [2.24, 2.45) is 7.05 Å². The smallest absolute Gasteiger partial charge is 0.266 e. The predicted molar refractivity (Wildman–Crippen MR) is 44.7 cm³/mol. The Balaban J connectivity index is 0.00000121. The molecule has 0 aliphatic carbocycles. The largest absolute Gasteiger partial charge is 1.00 e. The highest BCUT2D eigenvalue weighted by atomic mass is 35.5. The molecule has 0 unspecified atom stereocenters. The number of aromatic nitrogens is 2. The zero-order chi connectivity index (χ0) is 8.10. The fourth-order valence-electron chi connectivity index (χ4n) is 0.929. The summed E-state index contributed by atoms with van der Waals surface area (Å²) in [5.74, 6) is 0. The molecule has 3 nitrogen and oxygen atoms in total. The Kier molecular flexibility index (Phi) is 5.54. The summed E-state index contributed by atoms with van der Waals surface area (Å²) in [6, 6.07) is 0. The molecular formula is C8H16ClN3. The lowest BCUT2D eigenvalue weighted by molar-refractivity contribution is -0.649. The molecule has 0 bridgehead atoms. The van der Waals surface area contributed by atoms with E-state index >= 15 is 0 Å². The fourth-order valence-corrected chi connectivity index (χ4v) is 0.929. The average molecular weight is 190 g/mol. The maximum Gasteiger partial charge on any atom is 0.266 e. The van der Waals surface area contributed by atoms with Crippen molar-refractivity contribution >= 4 is 0 Å². The number of nitrogens with zero attached hydrogens (tertiary/aromatic N) is 2. The van der Waals surface area contributed by atoms with Gasteiger partial charge in [0.25, 0.3) is 6.33 Å². The lowest BCUT2D eigenvalue weighted by atomic mass is 10.3. The second-order valence-electron chi connectivity index (χ2n) is 2.75. The van der Waals surface area contributed by atoms with Crippen LogP contribution in [0.15, 0.2) is 18.7 Å². The van der Waals surface area contributed by atoms with Gasteiger partial charge in [-0.1, -0.05) is 13.3 Å². The van der Waals surface area contributed by atoms with Crippen LogP contribution in [-0.4, -0.2) is 11.1 Å². The van der Waals surface area contributed by atoms with Crippen molar-refractivity contribution < 1.29 is 17.1 Å². The van der Waals surface area contributed by atoms with Gasteiger partial charge in [-0.2, -0.15) is 0 Å². The van der Waals surface area contributed by atoms with Crippen LogP contribution in [0.4, 0.5) is 0 Å². The Hall–Kier alpha value is -0.700. The number of nitrogens with one attached hydrogen (secondary N) is 1. The topological polar surface area (TPSA) is 20.8 Å². The molecule has 0 fully saturated rings. The average Bonchev–Trinajstić information content (AvgIpc) is 2.37. The molecule has 0 saturated carbocycles. The van der Waals surface area contributed by atoms with Crippen LogP contribution in [0.3, 0.4) is 0 Å². The minimum Gasteiger partial charge on any atom is -1.00 e. The lowest BCUT2D eigenvalue weighted by Gasteiger charge is -1.97. The summed E-state index contributed by atoms with van der Waals surface area (Å²) >= 11 is 0. The minimum atomic E-state index is 0. The first-order valence-corrected chi connectivity index (χ1v) is 4.10. The summed E-state index contributed by atoms with van der Waals surface area (Å²) in [4.78, 5) is 0. The van der Waals surface area contributed by atoms with Crippen LogP contribution in [-0.2, 0) is 7.05 Å². The van der Waals surface area contributed by atoms with Crippen molar-refractivity contribution in [3.8, 4) is 0 Å². The normalized spacial score (nSPS) is 9.17. The first-order chi connectivity index (χ1) is 5.33. The van der Waals surface area contributed by atoms with E-state index in [1.54, 1.807) is 0 Å². The third kappa shape index (κ3) is 3.62. The summed E-state index contributed by atoms with van der Waals surface area (Å²) in [6.45, 7) is 3.24. The molecule has 1 heterocycles. The van der Waals surface area contributed by atoms with Gasteiger partial charge in [0.05, 0.1) is 13.6 Å². The van der Waals surface area contributed by atoms with E-state index in [1.165, 1.54) is 12.8 Å². The summed E-state index contributed by atoms with van der Waals surface area (Å²) in [6.07, 6.45) is 8.49. The second-order valence-corrected chi connectivity index (χ2v) is 2.75. The molecule has 0 aromatic carbocycles. The molecule has 0 saturated heterocycles. The number of aryl methyl sites for hydroxylation is 1. The van der Waals surface area contributed by atoms with Crippen molar-refractivity contribution in [2.75, 3.05) is 12.0 Å². The highest BCUT2D eigenvalue weighted by Crippen LogP contribution is 1.81. The van der Waals surface area contributed by atoms with Gasteiger partial charge in [0, 0.05) is 0 Å². The third-order valence-electron chi connectivity index (χ3n) is 1.59. The van der Waals surface area contributed by atoms with Crippen LogP contribution in [0.5, 0.6) is 0 Å². The molecule has 1 N–H and O–H groups in total. The van der Waals surface area contributed by atoms with E-state index in [1.807, 2.05) is 35.0 Å². The van der Waals surface area contributed by atoms with Gasteiger partial charge in [0.2, 0.25) is 0 Å². The molecule has 0 aliphatic heterocycles. The van der Waals surface area contributed by atoms with Crippen molar-refractivity contribution in [1.82, 2.24) is 4.57 Å². The van der Waals surface area contributed by atoms with Crippen LogP contribution in [0.1, 0.15) is 19.8 Å². The molecule has 0 atom stereocenters. The first kappa shape index (κ1) is 11.3. The fraction of sp³-hybridized carbons (Fsp3) is 0.625. The number of halogens is 1. The second kappa shape index (κ2) is 5.89. The van der Waals surface area contributed by atoms with Crippen LogP contribution in [0.25, 0.3) is 0 Å². The van der Waals surface area contributed by atoms with Crippen LogP contribution >= 0.6 is 0 Å². The van der Waals surface area contributed by atoms with E-state index in [9.17, 15) is 0 Å². The molecule has 1 rings (SSSR count). The molecule has 0 amide bonds. The van der Waals surface area contributed by atoms with Gasteiger partial charge in [-0.05, 0) is 6.42 Å². The zero-order valence-electron chi connectivity index (χ0n) is 7.63. The van der Waals surface area contributed by atoms with E-state index in [2.05, 4.69) is 12.3 Å². The minimum absolute atomic E-state index is 0. The number of hydrogen-bond donors (Lipinski definition) is 1. The van der Waals surface area contributed by atoms with Crippen LogP contribution < -0.4 is 22.5 Å². The van der Waals surface area contributed by atoms with Crippen molar-refractivity contribution in [2.45, 2.75) is 19.8 Å². The Morgan fingerprint density at radius 1 is 1.50 bits per heavy atom. The quantitative estimate of drug-likeness (QED) is 0.416. The zero-order valence-corrected chi connectivity index (χ0v) is 8.38. The summed E-state index contributed by atoms with van der Waals surface area (Å²) < 4.78 is 3.99. The molecule has 0 spiro atoms. The van der Waals surface area contributed by atoms with E-state index in [4.69, 9.17) is 0 Å². The van der Waals surface area contributed by atoms with Gasteiger partial charge in [-0.25, -0.2) is 4.57 Å². The molecule has 4 heteroatoms. The van der Waals surface area contributed by atoms with E-state index in [0.717, 1.165) is 6.54 Å². The summed E-state index contributed by atoms with van der Waals surface area (Å²) in [7, 11) is 2.01. The SMILES string of the molecule is CCCCN[n+]1ccn(C)c1.[Cl-]. The molecule has 0 radical (unpaired) electrons. The standard InChI is InChI=1S/C8H16N3.ClH/c1-3-4-5-9-11-7-6-10(2)8-11;/h6-9H,3-5H2,1-2H3;1H/q+1;/p-1. The van der Waals surface area contributed by atoms with Gasteiger partial charge in [-0.15, -0.1) is 4.68 Å². The van der Waals surface area contributed by atoms with Gasteiger partial charge >= 0.3 is 0 Å². The molecule has 12 heavy (non-hydrogen) atoms. The Morgan fingerprint density at radius 3 is 2.75 bits per heavy atom. The Bertz CT molecular complexity index is 210. The predicted octanol–water partition coefficient (Wildman–Crippen LogP) is -2.34. The third-order valence-corrected chi connectivity index (χ3v) is 1.59. The van der Waals surface area contributed by atoms with Gasteiger partial charge in [0.1, 0.15) is 6.20 Å². The molecule has 1 aromatic heterocycles. The van der Waals surface area contributed by atoms with Crippen molar-refractivity contribution in [3.63, 3.8) is 0 Å². The van der Waals surface area contributed by atoms with Gasteiger partial charge in [-0.3, -0.25) is 5.43 Å². The molecule has 70 valence electrons. The number of hydrogen-bond acceptors (Lipinski definition) is 1. The number of unbranched alkanes of at least 4 members (excludes halogenated alkanes) is 1. The van der Waals surface area contributed by atoms with E-state index in [0.29, 0.717) is 0 Å². The van der Waals surface area contributed by atoms with Crippen molar-refractivity contribution in [3.05, 3.63) is 18.7 Å². The Morgan fingerprint density at radius 2 is 2.25 bits per heavy atom. The molecule has 1 aromatic rings. The van der Waals surface area contributed by atoms with Gasteiger partial charge < -0.3 is 12.4 Å². The summed E-state index contributed by atoms with van der Waals surface area (Å²) in [5.41, 5.74) is 3.26.